The number of aromatic amines is 2. The first-order valence-corrected chi connectivity index (χ1v) is 27.3. The van der Waals surface area contributed by atoms with Crippen LogP contribution in [-0.2, 0) is 9.47 Å². The number of ether oxygens (including phenoxy) is 5. The number of carbonyl (C=O) groups is 2. The number of rotatable bonds is 20. The molecule has 0 radical (unpaired) electrons. The smallest absolute Gasteiger partial charge is 0.412 e. The zero-order chi connectivity index (χ0) is 51.8. The SMILES string of the molecule is C=C1C[C@@H](C2OCCN2C(=O)OCCSSc2ccccn2)N(C(=O)c2cc(OC)c(OCCCCCOc3ccc(-c4nc5ccc(-c6nc7cc(N8CCN(C)CC8)ccc7[nH]6)cc5[nH]4)cc3)cc2[N+](=O)[O-])C1. The first kappa shape index (κ1) is 51.2. The topological polar surface area (TPSA) is 207 Å². The number of anilines is 1. The monoisotopic (exact) mass is 1050 g/mol. The first-order valence-electron chi connectivity index (χ1n) is 25.0. The lowest BCUT2D eigenvalue weighted by molar-refractivity contribution is -0.385. The number of likely N-dealkylation sites (N-methyl/N-ethyl adjacent to an activating group) is 1. The molecule has 2 atom stereocenters. The number of methoxy groups -OCH3 is 1. The van der Waals surface area contributed by atoms with E-state index in [4.69, 9.17) is 33.7 Å². The Morgan fingerprint density at radius 3 is 2.39 bits per heavy atom. The first-order chi connectivity index (χ1) is 36.6. The number of nitro groups is 1. The van der Waals surface area contributed by atoms with Gasteiger partial charge >= 0.3 is 6.09 Å². The number of aromatic nitrogens is 5. The van der Waals surface area contributed by atoms with Gasteiger partial charge in [0.25, 0.3) is 11.6 Å². The predicted octanol–water partition coefficient (Wildman–Crippen LogP) is 9.47. The summed E-state index contributed by atoms with van der Waals surface area (Å²) in [5.74, 6) is 2.55. The highest BCUT2D eigenvalue weighted by molar-refractivity contribution is 8.76. The van der Waals surface area contributed by atoms with Gasteiger partial charge in [-0.2, -0.15) is 0 Å². The van der Waals surface area contributed by atoms with E-state index in [-0.39, 0.29) is 50.0 Å². The molecule has 1 unspecified atom stereocenters. The van der Waals surface area contributed by atoms with Gasteiger partial charge in [-0.25, -0.2) is 19.7 Å². The van der Waals surface area contributed by atoms with Crippen LogP contribution in [0.2, 0.25) is 0 Å². The summed E-state index contributed by atoms with van der Waals surface area (Å²) >= 11 is 0. The molecule has 7 aromatic rings. The summed E-state index contributed by atoms with van der Waals surface area (Å²) in [6.45, 7) is 9.76. The van der Waals surface area contributed by atoms with E-state index in [1.165, 1.54) is 56.3 Å². The van der Waals surface area contributed by atoms with E-state index < -0.39 is 34.9 Å². The minimum Gasteiger partial charge on any atom is -0.494 e. The van der Waals surface area contributed by atoms with Crippen LogP contribution in [0.15, 0.2) is 114 Å². The average molecular weight is 1060 g/mol. The summed E-state index contributed by atoms with van der Waals surface area (Å²) in [5.41, 5.74) is 6.93. The van der Waals surface area contributed by atoms with Crippen molar-refractivity contribution in [3.63, 3.8) is 0 Å². The van der Waals surface area contributed by atoms with Crippen molar-refractivity contribution < 1.29 is 38.2 Å². The van der Waals surface area contributed by atoms with Gasteiger partial charge in [0.15, 0.2) is 17.7 Å². The van der Waals surface area contributed by atoms with Crippen molar-refractivity contribution in [1.29, 1.82) is 0 Å². The fraction of sp³-hybridized carbons (Fsp3) is 0.352. The summed E-state index contributed by atoms with van der Waals surface area (Å²) < 4.78 is 29.2. The Hall–Kier alpha value is -7.33. The van der Waals surface area contributed by atoms with E-state index >= 15 is 0 Å². The molecule has 2 amide bonds. The van der Waals surface area contributed by atoms with Crippen LogP contribution < -0.4 is 19.1 Å². The maximum atomic E-state index is 14.3. The number of imidazole rings is 2. The molecule has 0 aliphatic carbocycles. The Kier molecular flexibility index (Phi) is 16.0. The number of hydrogen-bond acceptors (Lipinski definition) is 16. The quantitative estimate of drug-likeness (QED) is 0.0240. The molecular weight excluding hydrogens is 997 g/mol. The number of piperazine rings is 1. The number of nitrogens with zero attached hydrogens (tertiary/aromatic N) is 8. The van der Waals surface area contributed by atoms with Gasteiger partial charge in [-0.1, -0.05) is 29.0 Å². The summed E-state index contributed by atoms with van der Waals surface area (Å²) in [7, 11) is 6.58. The fourth-order valence-electron chi connectivity index (χ4n) is 9.50. The maximum Gasteiger partial charge on any atom is 0.412 e. The minimum atomic E-state index is -0.826. The van der Waals surface area contributed by atoms with Crippen LogP contribution in [0.4, 0.5) is 16.2 Å². The lowest BCUT2D eigenvalue weighted by Gasteiger charge is -2.34. The number of unbranched alkanes of at least 4 members (excludes halogenated alkanes) is 2. The van der Waals surface area contributed by atoms with Gasteiger partial charge in [0.1, 0.15) is 34.6 Å². The van der Waals surface area contributed by atoms with Crippen molar-refractivity contribution in [2.24, 2.45) is 0 Å². The Bertz CT molecular complexity index is 3170. The average Bonchev–Trinajstić information content (AvgIpc) is 4.26. The van der Waals surface area contributed by atoms with Crippen molar-refractivity contribution in [2.75, 3.05) is 90.5 Å². The van der Waals surface area contributed by atoms with E-state index in [0.717, 1.165) is 100 Å². The van der Waals surface area contributed by atoms with Crippen molar-refractivity contribution in [1.82, 2.24) is 39.6 Å². The molecule has 21 heteroatoms. The number of nitrogens with one attached hydrogen (secondary N) is 2. The molecule has 10 rings (SSSR count). The molecule has 4 aromatic carbocycles. The molecule has 3 fully saturated rings. The zero-order valence-corrected chi connectivity index (χ0v) is 43.4. The number of H-pyrrole nitrogens is 2. The molecule has 0 spiro atoms. The number of amides is 2. The maximum absolute atomic E-state index is 14.3. The zero-order valence-electron chi connectivity index (χ0n) is 41.8. The molecular formula is C54H58N10O9S2. The number of benzene rings is 4. The van der Waals surface area contributed by atoms with Crippen molar-refractivity contribution in [2.45, 2.75) is 43.0 Å². The van der Waals surface area contributed by atoms with Gasteiger partial charge in [0.05, 0.1) is 72.6 Å². The molecule has 3 aromatic heterocycles. The molecule has 3 aliphatic heterocycles. The minimum absolute atomic E-state index is 0.134. The Morgan fingerprint density at radius 1 is 0.827 bits per heavy atom. The second-order valence-electron chi connectivity index (χ2n) is 18.6. The van der Waals surface area contributed by atoms with Gasteiger partial charge in [-0.3, -0.25) is 19.8 Å². The number of nitro benzene ring substituents is 1. The van der Waals surface area contributed by atoms with Crippen LogP contribution in [0.1, 0.15) is 36.0 Å². The number of likely N-dealkylation sites (tertiary alicyclic amines) is 1. The van der Waals surface area contributed by atoms with E-state index in [0.29, 0.717) is 25.2 Å². The van der Waals surface area contributed by atoms with E-state index in [1.54, 1.807) is 6.20 Å². The molecule has 390 valence electrons. The second kappa shape index (κ2) is 23.5. The van der Waals surface area contributed by atoms with Crippen LogP contribution in [-0.4, -0.2) is 154 Å². The summed E-state index contributed by atoms with van der Waals surface area (Å²) in [6, 6.07) is 28.0. The third-order valence-electron chi connectivity index (χ3n) is 13.5. The van der Waals surface area contributed by atoms with E-state index in [1.807, 2.05) is 54.6 Å². The highest BCUT2D eigenvalue weighted by Crippen LogP contribution is 2.39. The van der Waals surface area contributed by atoms with Crippen LogP contribution in [0, 0.1) is 10.1 Å². The van der Waals surface area contributed by atoms with Gasteiger partial charge in [-0.15, -0.1) is 0 Å². The normalized spacial score (nSPS) is 17.0. The molecule has 0 saturated carbocycles. The number of hydrogen-bond donors (Lipinski definition) is 2. The molecule has 3 saturated heterocycles. The number of carbonyl (C=O) groups excluding carboxylic acids is 2. The van der Waals surface area contributed by atoms with Gasteiger partial charge < -0.3 is 48.4 Å². The third-order valence-corrected chi connectivity index (χ3v) is 15.7. The Balaban J connectivity index is 0.688. The number of pyridine rings is 1. The van der Waals surface area contributed by atoms with Crippen molar-refractivity contribution >= 4 is 67.0 Å². The van der Waals surface area contributed by atoms with Crippen molar-refractivity contribution in [3.8, 4) is 40.0 Å². The van der Waals surface area contributed by atoms with Crippen LogP contribution in [0.5, 0.6) is 17.2 Å². The molecule has 0 bridgehead atoms. The lowest BCUT2D eigenvalue weighted by Crippen LogP contribution is -2.51. The third kappa shape index (κ3) is 12.0. The molecule has 3 aliphatic rings. The van der Waals surface area contributed by atoms with Crippen LogP contribution in [0.3, 0.4) is 0 Å². The lowest BCUT2D eigenvalue weighted by atomic mass is 10.1. The van der Waals surface area contributed by atoms with Crippen molar-refractivity contribution in [3.05, 3.63) is 125 Å². The van der Waals surface area contributed by atoms with Gasteiger partial charge in [0, 0.05) is 67.6 Å². The van der Waals surface area contributed by atoms with Gasteiger partial charge in [-0.05, 0) is 116 Å². The highest BCUT2D eigenvalue weighted by atomic mass is 33.1. The largest absolute Gasteiger partial charge is 0.494 e. The van der Waals surface area contributed by atoms with Gasteiger partial charge in [0.2, 0.25) is 0 Å². The fourth-order valence-corrected chi connectivity index (χ4v) is 11.2. The highest BCUT2D eigenvalue weighted by Gasteiger charge is 2.45. The summed E-state index contributed by atoms with van der Waals surface area (Å²) in [4.78, 5) is 68.1. The Labute approximate surface area is 441 Å². The van der Waals surface area contributed by atoms with Crippen LogP contribution in [0.25, 0.3) is 44.8 Å². The van der Waals surface area contributed by atoms with E-state index in [9.17, 15) is 19.7 Å². The molecule has 19 nitrogen and oxygen atoms in total. The van der Waals surface area contributed by atoms with Crippen LogP contribution >= 0.6 is 21.6 Å². The molecule has 6 heterocycles. The summed E-state index contributed by atoms with van der Waals surface area (Å²) in [6.07, 6.45) is 2.83. The Morgan fingerprint density at radius 2 is 1.60 bits per heavy atom. The molecule has 2 N–H and O–H groups in total. The van der Waals surface area contributed by atoms with E-state index in [2.05, 4.69) is 62.6 Å². The number of fused-ring (bicyclic) bond motifs is 2. The standard InChI is InChI=1S/C54H58N10O9S2/c1-35-29-46(53-62(23-26-72-53)54(66)73-27-28-74-75-49-9-5-6-18-55-49)63(34-35)52(65)40-32-47(69-3)48(33-45(40)64(67)68)71-25-8-4-7-24-70-39-14-10-36(11-15-39)50-56-41-16-12-37(30-43(41)58-50)51-57-42-17-13-38(31-44(42)59-51)61-21-19-60(2)20-22-61/h5-6,9-18,30-33,46,53H,1,4,7-8,19-29,34H2,2-3H3,(H,56,58)(H,57,59)/t46-,53?/m0/s1. The second-order valence-corrected chi connectivity index (χ2v) is 21.0. The summed E-state index contributed by atoms with van der Waals surface area (Å²) in [5, 5.41) is 13.3. The molecule has 75 heavy (non-hydrogen) atoms. The predicted molar refractivity (Wildman–Crippen MR) is 290 cm³/mol.